The van der Waals surface area contributed by atoms with Crippen LogP contribution in [0, 0.1) is 17.0 Å². The van der Waals surface area contributed by atoms with Gasteiger partial charge in [0.15, 0.2) is 11.6 Å². The number of fused-ring (bicyclic) bond motifs is 1. The summed E-state index contributed by atoms with van der Waals surface area (Å²) in [6, 6.07) is 0.500. The summed E-state index contributed by atoms with van der Waals surface area (Å²) in [5, 5.41) is 5.67. The van der Waals surface area contributed by atoms with Crippen LogP contribution in [-0.4, -0.2) is 86.1 Å². The largest absolute Gasteiger partial charge is 0.487 e. The molecule has 0 aliphatic carbocycles. The van der Waals surface area contributed by atoms with Gasteiger partial charge < -0.3 is 20.3 Å². The van der Waals surface area contributed by atoms with Gasteiger partial charge in [0.05, 0.1) is 30.9 Å². The van der Waals surface area contributed by atoms with Gasteiger partial charge in [-0.05, 0) is 37.9 Å². The highest BCUT2D eigenvalue weighted by molar-refractivity contribution is 7.88. The minimum absolute atomic E-state index is 0.0332. The number of likely N-dealkylation sites (N-methyl/N-ethyl adjacent to an activating group) is 1. The molecule has 1 aromatic rings. The summed E-state index contributed by atoms with van der Waals surface area (Å²) in [5.41, 5.74) is -0.635. The van der Waals surface area contributed by atoms with E-state index < -0.39 is 57.3 Å². The van der Waals surface area contributed by atoms with Crippen molar-refractivity contribution in [1.82, 2.24) is 19.8 Å². The van der Waals surface area contributed by atoms with Gasteiger partial charge in [-0.2, -0.15) is 4.31 Å². The van der Waals surface area contributed by atoms with Crippen molar-refractivity contribution in [1.29, 1.82) is 0 Å². The first-order valence-electron chi connectivity index (χ1n) is 11.5. The van der Waals surface area contributed by atoms with E-state index in [-0.39, 0.29) is 30.7 Å². The van der Waals surface area contributed by atoms with E-state index in [4.69, 9.17) is 4.74 Å². The van der Waals surface area contributed by atoms with E-state index in [0.717, 1.165) is 18.4 Å². The molecule has 35 heavy (non-hydrogen) atoms. The SMILES string of the molecule is CN[C@@H](C)C(=O)N[C@H](C(=O)N1CCC2[C@H]1[C@@H](Oc1ccc(F)c(F)c1)CN2S(C)(=O)=O)C(C)(C)C. The van der Waals surface area contributed by atoms with Crippen LogP contribution in [0.15, 0.2) is 18.2 Å². The number of rotatable bonds is 7. The molecule has 2 aliphatic rings. The molecule has 0 spiro atoms. The second kappa shape index (κ2) is 9.98. The number of carbonyl (C=O) groups is 2. The average molecular weight is 517 g/mol. The fourth-order valence-corrected chi connectivity index (χ4v) is 5.81. The van der Waals surface area contributed by atoms with Crippen molar-refractivity contribution in [2.24, 2.45) is 5.41 Å². The summed E-state index contributed by atoms with van der Waals surface area (Å²) >= 11 is 0. The minimum Gasteiger partial charge on any atom is -0.487 e. The van der Waals surface area contributed by atoms with Gasteiger partial charge >= 0.3 is 0 Å². The summed E-state index contributed by atoms with van der Waals surface area (Å²) in [5.74, 6) is -2.78. The van der Waals surface area contributed by atoms with Crippen LogP contribution in [-0.2, 0) is 19.6 Å². The number of ether oxygens (including phenoxy) is 1. The zero-order valence-corrected chi connectivity index (χ0v) is 21.7. The maximum absolute atomic E-state index is 13.8. The first-order chi connectivity index (χ1) is 16.1. The molecule has 2 saturated heterocycles. The Kier molecular flexibility index (Phi) is 7.78. The van der Waals surface area contributed by atoms with Crippen LogP contribution in [0.1, 0.15) is 34.1 Å². The van der Waals surface area contributed by atoms with Gasteiger partial charge in [-0.15, -0.1) is 0 Å². The van der Waals surface area contributed by atoms with E-state index >= 15 is 0 Å². The number of hydrogen-bond acceptors (Lipinski definition) is 6. The van der Waals surface area contributed by atoms with Gasteiger partial charge in [-0.3, -0.25) is 9.59 Å². The maximum atomic E-state index is 13.8. The standard InChI is InChI=1S/C23H34F2N4O5S/c1-13(26-5)21(30)27-20(23(2,3)4)22(31)28-10-9-17-19(28)18(12-29(17)35(6,32)33)34-14-7-8-15(24)16(25)11-14/h7-8,11,13,17-20,26H,9-10,12H2,1-6H3,(H,27,30)/t13-,17?,18-,19-,20+/m0/s1. The van der Waals surface area contributed by atoms with E-state index in [1.807, 2.05) is 20.8 Å². The number of benzene rings is 1. The van der Waals surface area contributed by atoms with Gasteiger partial charge in [0.25, 0.3) is 0 Å². The van der Waals surface area contributed by atoms with Crippen molar-refractivity contribution >= 4 is 21.8 Å². The summed E-state index contributed by atoms with van der Waals surface area (Å²) in [7, 11) is -1.98. The van der Waals surface area contributed by atoms with Crippen LogP contribution in [0.5, 0.6) is 5.75 Å². The summed E-state index contributed by atoms with van der Waals surface area (Å²) in [6.45, 7) is 7.40. The molecule has 2 fully saturated rings. The lowest BCUT2D eigenvalue weighted by molar-refractivity contribution is -0.141. The van der Waals surface area contributed by atoms with Crippen LogP contribution in [0.25, 0.3) is 0 Å². The van der Waals surface area contributed by atoms with Gasteiger partial charge in [-0.25, -0.2) is 17.2 Å². The molecule has 0 aromatic heterocycles. The van der Waals surface area contributed by atoms with Crippen molar-refractivity contribution in [3.8, 4) is 5.75 Å². The van der Waals surface area contributed by atoms with Crippen molar-refractivity contribution in [2.45, 2.75) is 64.4 Å². The maximum Gasteiger partial charge on any atom is 0.246 e. The molecule has 2 amide bonds. The number of nitrogens with zero attached hydrogens (tertiary/aromatic N) is 2. The molecule has 3 rings (SSSR count). The molecule has 0 bridgehead atoms. The highest BCUT2D eigenvalue weighted by Crippen LogP contribution is 2.37. The summed E-state index contributed by atoms with van der Waals surface area (Å²) in [6.07, 6.45) is 0.670. The number of nitrogens with one attached hydrogen (secondary N) is 2. The molecule has 0 radical (unpaired) electrons. The fraction of sp³-hybridized carbons (Fsp3) is 0.652. The van der Waals surface area contributed by atoms with E-state index in [9.17, 15) is 26.8 Å². The van der Waals surface area contributed by atoms with Crippen LogP contribution >= 0.6 is 0 Å². The molecule has 1 unspecified atom stereocenters. The molecule has 12 heteroatoms. The first kappa shape index (κ1) is 27.3. The number of likely N-dealkylation sites (tertiary alicyclic amines) is 1. The number of hydrogen-bond donors (Lipinski definition) is 2. The molecule has 0 saturated carbocycles. The second-order valence-corrected chi connectivity index (χ2v) is 12.2. The zero-order valence-electron chi connectivity index (χ0n) is 20.8. The molecule has 196 valence electrons. The normalized spacial score (nSPS) is 24.7. The fourth-order valence-electron chi connectivity index (χ4n) is 4.67. The average Bonchev–Trinajstić information content (AvgIpc) is 3.33. The highest BCUT2D eigenvalue weighted by Gasteiger charge is 2.55. The Morgan fingerprint density at radius 3 is 2.40 bits per heavy atom. The van der Waals surface area contributed by atoms with Gasteiger partial charge in [0, 0.05) is 12.6 Å². The number of halogens is 2. The Morgan fingerprint density at radius 1 is 1.20 bits per heavy atom. The van der Waals surface area contributed by atoms with Crippen LogP contribution in [0.4, 0.5) is 8.78 Å². The molecular weight excluding hydrogens is 482 g/mol. The predicted octanol–water partition coefficient (Wildman–Crippen LogP) is 1.10. The lowest BCUT2D eigenvalue weighted by Gasteiger charge is -2.37. The van der Waals surface area contributed by atoms with Crippen LogP contribution < -0.4 is 15.4 Å². The molecule has 9 nitrogen and oxygen atoms in total. The number of amides is 2. The molecule has 2 N–H and O–H groups in total. The van der Waals surface area contributed by atoms with E-state index in [1.54, 1.807) is 18.9 Å². The Bertz CT molecular complexity index is 1080. The summed E-state index contributed by atoms with van der Waals surface area (Å²) in [4.78, 5) is 28.0. The molecule has 1 aromatic carbocycles. The van der Waals surface area contributed by atoms with Crippen molar-refractivity contribution in [2.75, 3.05) is 26.4 Å². The predicted molar refractivity (Wildman–Crippen MR) is 126 cm³/mol. The van der Waals surface area contributed by atoms with Gasteiger partial charge in [-0.1, -0.05) is 20.8 Å². The Labute approximate surface area is 205 Å². The number of carbonyl (C=O) groups excluding carboxylic acids is 2. The van der Waals surface area contributed by atoms with E-state index in [1.165, 1.54) is 10.4 Å². The van der Waals surface area contributed by atoms with Gasteiger partial charge in [0.2, 0.25) is 21.8 Å². The second-order valence-electron chi connectivity index (χ2n) is 10.3. The minimum atomic E-state index is -3.62. The first-order valence-corrected chi connectivity index (χ1v) is 13.4. The third kappa shape index (κ3) is 5.75. The van der Waals surface area contributed by atoms with Crippen LogP contribution in [0.2, 0.25) is 0 Å². The quantitative estimate of drug-likeness (QED) is 0.562. The Balaban J connectivity index is 1.93. The lowest BCUT2D eigenvalue weighted by atomic mass is 9.85. The molecule has 2 aliphatic heterocycles. The van der Waals surface area contributed by atoms with Crippen LogP contribution in [0.3, 0.4) is 0 Å². The topological polar surface area (TPSA) is 108 Å². The summed E-state index contributed by atoms with van der Waals surface area (Å²) < 4.78 is 59.4. The monoisotopic (exact) mass is 516 g/mol. The smallest absolute Gasteiger partial charge is 0.246 e. The molecular formula is C23H34F2N4O5S. The zero-order chi connectivity index (χ0) is 26.3. The molecule has 5 atom stereocenters. The number of sulfonamides is 1. The van der Waals surface area contributed by atoms with Gasteiger partial charge in [0.1, 0.15) is 17.9 Å². The van der Waals surface area contributed by atoms with E-state index in [2.05, 4.69) is 10.6 Å². The Hall–Kier alpha value is -2.31. The Morgan fingerprint density at radius 2 is 1.86 bits per heavy atom. The highest BCUT2D eigenvalue weighted by atomic mass is 32.2. The van der Waals surface area contributed by atoms with Crippen molar-refractivity contribution in [3.05, 3.63) is 29.8 Å². The van der Waals surface area contributed by atoms with E-state index in [0.29, 0.717) is 6.42 Å². The van der Waals surface area contributed by atoms with Crippen molar-refractivity contribution < 1.29 is 31.5 Å². The third-order valence-corrected chi connectivity index (χ3v) is 7.92. The third-order valence-electron chi connectivity index (χ3n) is 6.64. The van der Waals surface area contributed by atoms with Crippen molar-refractivity contribution in [3.63, 3.8) is 0 Å². The molecule has 2 heterocycles. The lowest BCUT2D eigenvalue weighted by Crippen LogP contribution is -2.59.